The highest BCUT2D eigenvalue weighted by Crippen LogP contribution is 2.34. The van der Waals surface area contributed by atoms with E-state index in [9.17, 15) is 9.59 Å². The fourth-order valence-corrected chi connectivity index (χ4v) is 1.96. The smallest absolute Gasteiger partial charge is 0.220 e. The Balaban J connectivity index is 0.000000921. The number of Topliss-reactive ketones (excluding diaryl/α,β-unsaturated/α-hetero) is 1. The van der Waals surface area contributed by atoms with Crippen LogP contribution in [-0.4, -0.2) is 29.2 Å². The summed E-state index contributed by atoms with van der Waals surface area (Å²) in [6, 6.07) is -0.188. The van der Waals surface area contributed by atoms with Crippen molar-refractivity contribution < 1.29 is 9.59 Å². The molecule has 1 aliphatic heterocycles. The van der Waals surface area contributed by atoms with Crippen LogP contribution in [0.3, 0.4) is 0 Å². The lowest BCUT2D eigenvalue weighted by Crippen LogP contribution is -2.38. The molecular weight excluding hydrogens is 190 g/mol. The molecule has 3 nitrogen and oxygen atoms in total. The van der Waals surface area contributed by atoms with Gasteiger partial charge in [0.2, 0.25) is 5.91 Å². The van der Waals surface area contributed by atoms with E-state index in [-0.39, 0.29) is 23.1 Å². The molecule has 15 heavy (non-hydrogen) atoms. The predicted molar refractivity (Wildman–Crippen MR) is 61.6 cm³/mol. The summed E-state index contributed by atoms with van der Waals surface area (Å²) in [6.07, 6.45) is 0.794. The van der Waals surface area contributed by atoms with E-state index >= 15 is 0 Å². The highest BCUT2D eigenvalue weighted by molar-refractivity contribution is 5.87. The molecule has 0 saturated carbocycles. The minimum Gasteiger partial charge on any atom is -0.332 e. The maximum atomic E-state index is 11.3. The average molecular weight is 213 g/mol. The maximum Gasteiger partial charge on any atom is 0.220 e. The van der Waals surface area contributed by atoms with E-state index in [1.807, 2.05) is 13.8 Å². The fourth-order valence-electron chi connectivity index (χ4n) is 1.96. The first-order valence-electron chi connectivity index (χ1n) is 5.61. The Morgan fingerprint density at radius 1 is 1.20 bits per heavy atom. The summed E-state index contributed by atoms with van der Waals surface area (Å²) in [4.78, 5) is 24.2. The van der Waals surface area contributed by atoms with E-state index in [4.69, 9.17) is 0 Å². The van der Waals surface area contributed by atoms with E-state index in [1.54, 1.807) is 11.8 Å². The molecule has 0 radical (unpaired) electrons. The van der Waals surface area contributed by atoms with Crippen LogP contribution in [-0.2, 0) is 9.59 Å². The SMILES string of the molecule is CC.CC(=O)C1CC(C)(C)CN1C(C)=O. The quantitative estimate of drug-likeness (QED) is 0.670. The Hall–Kier alpha value is -0.860. The molecule has 3 heteroatoms. The van der Waals surface area contributed by atoms with Crippen LogP contribution < -0.4 is 0 Å². The van der Waals surface area contributed by atoms with Crippen LogP contribution >= 0.6 is 0 Å². The van der Waals surface area contributed by atoms with Crippen LogP contribution in [0.25, 0.3) is 0 Å². The molecule has 0 spiro atoms. The molecule has 1 unspecified atom stereocenters. The van der Waals surface area contributed by atoms with Crippen molar-refractivity contribution in [3.8, 4) is 0 Å². The van der Waals surface area contributed by atoms with E-state index in [0.29, 0.717) is 6.54 Å². The predicted octanol–water partition coefficient (Wildman–Crippen LogP) is 2.25. The third kappa shape index (κ3) is 3.65. The van der Waals surface area contributed by atoms with Crippen molar-refractivity contribution in [3.63, 3.8) is 0 Å². The highest BCUT2D eigenvalue weighted by Gasteiger charge is 2.40. The van der Waals surface area contributed by atoms with Gasteiger partial charge in [-0.15, -0.1) is 0 Å². The van der Waals surface area contributed by atoms with E-state index in [2.05, 4.69) is 13.8 Å². The number of rotatable bonds is 1. The summed E-state index contributed by atoms with van der Waals surface area (Å²) in [6.45, 7) is 12.0. The molecule has 1 fully saturated rings. The Morgan fingerprint density at radius 2 is 1.67 bits per heavy atom. The second-order valence-electron chi connectivity index (χ2n) is 4.64. The first kappa shape index (κ1) is 14.1. The van der Waals surface area contributed by atoms with E-state index in [0.717, 1.165) is 6.42 Å². The van der Waals surface area contributed by atoms with Gasteiger partial charge in [0.25, 0.3) is 0 Å². The monoisotopic (exact) mass is 213 g/mol. The molecule has 0 aromatic carbocycles. The van der Waals surface area contributed by atoms with Gasteiger partial charge < -0.3 is 4.90 Å². The topological polar surface area (TPSA) is 37.4 Å². The lowest BCUT2D eigenvalue weighted by Gasteiger charge is -2.21. The zero-order valence-electron chi connectivity index (χ0n) is 10.8. The number of ketones is 1. The summed E-state index contributed by atoms with van der Waals surface area (Å²) < 4.78 is 0. The van der Waals surface area contributed by atoms with Gasteiger partial charge in [-0.2, -0.15) is 0 Å². The summed E-state index contributed by atoms with van der Waals surface area (Å²) >= 11 is 0. The fraction of sp³-hybridized carbons (Fsp3) is 0.833. The van der Waals surface area contributed by atoms with E-state index < -0.39 is 0 Å². The molecule has 1 atom stereocenters. The van der Waals surface area contributed by atoms with Crippen LogP contribution in [0.5, 0.6) is 0 Å². The molecule has 0 N–H and O–H groups in total. The molecule has 0 bridgehead atoms. The van der Waals surface area contributed by atoms with Gasteiger partial charge in [-0.3, -0.25) is 9.59 Å². The number of carbonyl (C=O) groups excluding carboxylic acids is 2. The summed E-state index contributed by atoms with van der Waals surface area (Å²) in [5, 5.41) is 0. The van der Waals surface area contributed by atoms with Crippen molar-refractivity contribution in [1.82, 2.24) is 4.90 Å². The lowest BCUT2D eigenvalue weighted by atomic mass is 9.90. The van der Waals surface area contributed by atoms with Crippen LogP contribution in [0, 0.1) is 5.41 Å². The second kappa shape index (κ2) is 5.29. The Kier molecular flexibility index (Phi) is 4.98. The highest BCUT2D eigenvalue weighted by atomic mass is 16.2. The third-order valence-electron chi connectivity index (χ3n) is 2.59. The molecule has 88 valence electrons. The number of carbonyl (C=O) groups is 2. The molecular formula is C12H23NO2. The molecule has 1 saturated heterocycles. The van der Waals surface area contributed by atoms with Gasteiger partial charge in [-0.1, -0.05) is 27.7 Å². The van der Waals surface area contributed by atoms with Crippen molar-refractivity contribution in [2.24, 2.45) is 5.41 Å². The van der Waals surface area contributed by atoms with Crippen LogP contribution in [0.2, 0.25) is 0 Å². The zero-order valence-corrected chi connectivity index (χ0v) is 10.8. The van der Waals surface area contributed by atoms with Gasteiger partial charge in [0.1, 0.15) is 0 Å². The number of likely N-dealkylation sites (tertiary alicyclic amines) is 1. The first-order chi connectivity index (χ1) is 6.83. The number of hydrogen-bond donors (Lipinski definition) is 0. The third-order valence-corrected chi connectivity index (χ3v) is 2.59. The largest absolute Gasteiger partial charge is 0.332 e. The standard InChI is InChI=1S/C10H17NO2.C2H6/c1-7(12)9-5-10(3,4)6-11(9)8(2)13;1-2/h9H,5-6H2,1-4H3;1-2H3. The summed E-state index contributed by atoms with van der Waals surface area (Å²) in [5.41, 5.74) is 0.0853. The molecule has 0 aromatic rings. The number of hydrogen-bond acceptors (Lipinski definition) is 2. The van der Waals surface area contributed by atoms with Crippen LogP contribution in [0.1, 0.15) is 48.0 Å². The molecule has 1 aliphatic rings. The number of nitrogens with zero attached hydrogens (tertiary/aromatic N) is 1. The average Bonchev–Trinajstić information content (AvgIpc) is 2.45. The Morgan fingerprint density at radius 3 is 1.93 bits per heavy atom. The van der Waals surface area contributed by atoms with Gasteiger partial charge in [-0.05, 0) is 18.8 Å². The van der Waals surface area contributed by atoms with Crippen molar-refractivity contribution in [1.29, 1.82) is 0 Å². The van der Waals surface area contributed by atoms with Gasteiger partial charge >= 0.3 is 0 Å². The van der Waals surface area contributed by atoms with Gasteiger partial charge in [-0.25, -0.2) is 0 Å². The van der Waals surface area contributed by atoms with Crippen molar-refractivity contribution in [2.45, 2.75) is 54.0 Å². The minimum absolute atomic E-state index is 0.00535. The van der Waals surface area contributed by atoms with Gasteiger partial charge in [0.15, 0.2) is 5.78 Å². The first-order valence-corrected chi connectivity index (χ1v) is 5.61. The molecule has 1 amide bonds. The summed E-state index contributed by atoms with van der Waals surface area (Å²) in [7, 11) is 0. The summed E-state index contributed by atoms with van der Waals surface area (Å²) in [5.74, 6) is 0.103. The molecule has 1 heterocycles. The van der Waals surface area contributed by atoms with Crippen LogP contribution in [0.15, 0.2) is 0 Å². The van der Waals surface area contributed by atoms with Crippen molar-refractivity contribution >= 4 is 11.7 Å². The normalized spacial score (nSPS) is 23.1. The maximum absolute atomic E-state index is 11.3. The van der Waals surface area contributed by atoms with Crippen molar-refractivity contribution in [2.75, 3.05) is 6.54 Å². The van der Waals surface area contributed by atoms with Crippen LogP contribution in [0.4, 0.5) is 0 Å². The Bertz CT molecular complexity index is 222. The second-order valence-corrected chi connectivity index (χ2v) is 4.64. The van der Waals surface area contributed by atoms with E-state index in [1.165, 1.54) is 6.92 Å². The van der Waals surface area contributed by atoms with Gasteiger partial charge in [0, 0.05) is 13.5 Å². The van der Waals surface area contributed by atoms with Gasteiger partial charge in [0.05, 0.1) is 6.04 Å². The molecule has 1 rings (SSSR count). The molecule has 0 aliphatic carbocycles. The van der Waals surface area contributed by atoms with Crippen molar-refractivity contribution in [3.05, 3.63) is 0 Å². The Labute approximate surface area is 92.8 Å². The number of amides is 1. The minimum atomic E-state index is -0.188. The lowest BCUT2D eigenvalue weighted by molar-refractivity contribution is -0.135. The molecule has 0 aromatic heterocycles. The zero-order chi connectivity index (χ0) is 12.2.